The first-order chi connectivity index (χ1) is 42.2. The normalized spacial score (nSPS) is 16.1. The molecule has 15 heteroatoms. The Morgan fingerprint density at radius 3 is 1.90 bits per heavy atom. The Bertz CT molecular complexity index is 3340. The summed E-state index contributed by atoms with van der Waals surface area (Å²) in [6.07, 6.45) is 24.0. The highest BCUT2D eigenvalue weighted by Crippen LogP contribution is 2.51. The van der Waals surface area contributed by atoms with Crippen molar-refractivity contribution in [2.45, 2.75) is 184 Å². The monoisotopic (exact) mass is 1240 g/mol. The van der Waals surface area contributed by atoms with Crippen LogP contribution in [0.25, 0.3) is 21.5 Å². The minimum atomic E-state index is -4.29. The number of hydrogen-bond donors (Lipinski definition) is 1. The minimum Gasteiger partial charge on any atom is -0.748 e. The summed E-state index contributed by atoms with van der Waals surface area (Å²) in [5.41, 5.74) is 3.47. The lowest BCUT2D eigenvalue weighted by Gasteiger charge is -2.36. The average molecular weight is 1240 g/mol. The number of nitrogens with one attached hydrogen (secondary N) is 1. The van der Waals surface area contributed by atoms with Crippen LogP contribution >= 0.6 is 0 Å². The quantitative estimate of drug-likeness (QED) is 0.0113. The lowest BCUT2D eigenvalue weighted by atomic mass is 9.69. The molecular weight excluding hydrogens is 1140 g/mol. The first kappa shape index (κ1) is 71.7. The number of unbranched alkanes of at least 4 members (excludes halogenated alkanes) is 5. The van der Waals surface area contributed by atoms with E-state index in [4.69, 9.17) is 14.2 Å². The summed E-state index contributed by atoms with van der Waals surface area (Å²) < 4.78 is 54.0. The largest absolute Gasteiger partial charge is 0.748 e. The van der Waals surface area contributed by atoms with Crippen LogP contribution in [0.5, 0.6) is 0 Å². The fourth-order valence-corrected chi connectivity index (χ4v) is 13.4. The van der Waals surface area contributed by atoms with Crippen molar-refractivity contribution >= 4 is 72.6 Å². The minimum absolute atomic E-state index is 0.0130. The van der Waals surface area contributed by atoms with Crippen LogP contribution in [0.15, 0.2) is 121 Å². The number of benzene rings is 4. The molecular formula is C74H104N4O10S. The third kappa shape index (κ3) is 19.3. The van der Waals surface area contributed by atoms with Gasteiger partial charge in [0.25, 0.3) is 0 Å². The molecule has 0 aromatic heterocycles. The van der Waals surface area contributed by atoms with Gasteiger partial charge in [-0.3, -0.25) is 24.1 Å². The summed E-state index contributed by atoms with van der Waals surface area (Å²) in [6.45, 7) is 29.0. The average Bonchev–Trinajstić information content (AvgIpc) is 1.88. The van der Waals surface area contributed by atoms with Crippen molar-refractivity contribution in [2.75, 3.05) is 69.7 Å². The summed E-state index contributed by atoms with van der Waals surface area (Å²) in [5, 5.41) is 7.72. The second-order valence-electron chi connectivity index (χ2n) is 27.1. The van der Waals surface area contributed by atoms with E-state index in [1.54, 1.807) is 27.7 Å². The van der Waals surface area contributed by atoms with E-state index < -0.39 is 38.3 Å². The van der Waals surface area contributed by atoms with Crippen LogP contribution < -0.4 is 10.2 Å². The summed E-state index contributed by atoms with van der Waals surface area (Å²) in [7, 11) is -4.29. The van der Waals surface area contributed by atoms with Gasteiger partial charge in [-0.1, -0.05) is 132 Å². The van der Waals surface area contributed by atoms with E-state index >= 15 is 0 Å². The predicted octanol–water partition coefficient (Wildman–Crippen LogP) is 14.9. The van der Waals surface area contributed by atoms with Gasteiger partial charge in [0, 0.05) is 66.2 Å². The van der Waals surface area contributed by atoms with Gasteiger partial charge < -0.3 is 29.0 Å². The number of fused-ring (bicyclic) bond motifs is 6. The van der Waals surface area contributed by atoms with Crippen molar-refractivity contribution < 1.29 is 50.9 Å². The number of ether oxygens (including phenoxy) is 3. The van der Waals surface area contributed by atoms with E-state index in [0.29, 0.717) is 58.2 Å². The van der Waals surface area contributed by atoms with Gasteiger partial charge in [0.2, 0.25) is 11.6 Å². The van der Waals surface area contributed by atoms with E-state index in [-0.39, 0.29) is 61.1 Å². The van der Waals surface area contributed by atoms with Crippen LogP contribution in [-0.4, -0.2) is 117 Å². The fraction of sp³-hybridized carbons (Fsp3) is 0.554. The molecule has 1 atom stereocenters. The van der Waals surface area contributed by atoms with Gasteiger partial charge in [-0.25, -0.2) is 8.42 Å². The molecule has 89 heavy (non-hydrogen) atoms. The molecule has 1 N–H and O–H groups in total. The van der Waals surface area contributed by atoms with E-state index in [9.17, 15) is 32.1 Å². The van der Waals surface area contributed by atoms with Crippen LogP contribution in [0.2, 0.25) is 0 Å². The number of carbonyl (C=O) groups excluding carboxylic acids is 4. The Labute approximate surface area is 533 Å². The lowest BCUT2D eigenvalue weighted by Crippen LogP contribution is -2.41. The van der Waals surface area contributed by atoms with E-state index in [1.807, 2.05) is 32.1 Å². The molecule has 4 aromatic rings. The van der Waals surface area contributed by atoms with Crippen LogP contribution in [-0.2, 0) is 54.3 Å². The van der Waals surface area contributed by atoms with Crippen molar-refractivity contribution in [3.8, 4) is 0 Å². The smallest absolute Gasteiger partial charge is 0.311 e. The van der Waals surface area contributed by atoms with Gasteiger partial charge in [-0.2, -0.15) is 4.58 Å². The number of esters is 3. The van der Waals surface area contributed by atoms with E-state index in [0.717, 1.165) is 74.9 Å². The molecule has 2 aliphatic rings. The van der Waals surface area contributed by atoms with Crippen LogP contribution in [0.1, 0.15) is 184 Å². The number of anilines is 1. The number of allylic oxidation sites excluding steroid dienone is 8. The molecule has 4 aromatic carbocycles. The van der Waals surface area contributed by atoms with Crippen LogP contribution in [0.3, 0.4) is 0 Å². The summed E-state index contributed by atoms with van der Waals surface area (Å²) in [6, 6.07) is 25.7. The highest BCUT2D eigenvalue weighted by molar-refractivity contribution is 7.85. The second-order valence-corrected chi connectivity index (χ2v) is 28.6. The van der Waals surface area contributed by atoms with Gasteiger partial charge in [-0.15, -0.1) is 0 Å². The molecule has 2 heterocycles. The molecule has 486 valence electrons. The number of hydrogen-bond acceptors (Lipinski definition) is 12. The van der Waals surface area contributed by atoms with Gasteiger partial charge in [-0.05, 0) is 171 Å². The molecule has 0 fully saturated rings. The van der Waals surface area contributed by atoms with Gasteiger partial charge in [0.1, 0.15) is 19.8 Å². The maximum Gasteiger partial charge on any atom is 0.311 e. The molecule has 1 unspecified atom stereocenters. The van der Waals surface area contributed by atoms with Gasteiger partial charge >= 0.3 is 17.9 Å². The Morgan fingerprint density at radius 2 is 1.24 bits per heavy atom. The standard InChI is InChI=1S/C74H104N4O10S/c1-13-16-46-76(47-17-14-2)50-53-88-69(82)74(12,55-71(6,7)68(81)86-51-15-3)44-43-70(4,5)67(80)87-52-45-75-64(79)38-24-21-29-48-77-60-41-39-56-32-25-27-34-58(56)65(60)72(8,9)62(77)36-22-19-18-20-23-37-63-73(10,11)66-59-35-28-26-33-57(59)40-42-61(66)78(63)49-30-31-54-89(83,84)85/h18-20,22-23,25-28,32-37,39-42H,13-17,21,24,29-31,38,43-55H2,1-12H3,(H-,75,79,83,84,85). The fourth-order valence-electron chi connectivity index (χ4n) is 12.9. The molecule has 0 bridgehead atoms. The molecule has 0 saturated heterocycles. The number of rotatable bonds is 37. The Kier molecular flexibility index (Phi) is 26.2. The highest BCUT2D eigenvalue weighted by Gasteiger charge is 2.47. The van der Waals surface area contributed by atoms with Crippen molar-refractivity contribution in [2.24, 2.45) is 16.2 Å². The zero-order valence-electron chi connectivity index (χ0n) is 55.8. The Hall–Kier alpha value is -6.42. The first-order valence-corrected chi connectivity index (χ1v) is 34.4. The molecule has 14 nitrogen and oxygen atoms in total. The maximum atomic E-state index is 14.1. The Balaban J connectivity index is 1.03. The van der Waals surface area contributed by atoms with Crippen molar-refractivity contribution in [1.82, 2.24) is 10.2 Å². The second kappa shape index (κ2) is 32.5. The van der Waals surface area contributed by atoms with Crippen molar-refractivity contribution in [3.05, 3.63) is 132 Å². The molecule has 6 rings (SSSR count). The lowest BCUT2D eigenvalue weighted by molar-refractivity contribution is -0.438. The van der Waals surface area contributed by atoms with Gasteiger partial charge in [0.15, 0.2) is 5.71 Å². The number of carbonyl (C=O) groups is 4. The topological polar surface area (TPSA) is 175 Å². The predicted molar refractivity (Wildman–Crippen MR) is 361 cm³/mol. The molecule has 0 radical (unpaired) electrons. The zero-order valence-corrected chi connectivity index (χ0v) is 56.6. The zero-order chi connectivity index (χ0) is 65.0. The molecule has 0 saturated carbocycles. The molecule has 1 amide bonds. The van der Waals surface area contributed by atoms with Crippen LogP contribution in [0, 0.1) is 16.2 Å². The summed E-state index contributed by atoms with van der Waals surface area (Å²) >= 11 is 0. The highest BCUT2D eigenvalue weighted by atomic mass is 32.2. The van der Waals surface area contributed by atoms with E-state index in [2.05, 4.69) is 158 Å². The first-order valence-electron chi connectivity index (χ1n) is 32.9. The maximum absolute atomic E-state index is 14.1. The van der Waals surface area contributed by atoms with Gasteiger partial charge in [0.05, 0.1) is 44.9 Å². The van der Waals surface area contributed by atoms with Crippen LogP contribution in [0.4, 0.5) is 11.4 Å². The van der Waals surface area contributed by atoms with Crippen molar-refractivity contribution in [1.29, 1.82) is 0 Å². The number of amides is 1. The molecule has 2 aliphatic heterocycles. The summed E-state index contributed by atoms with van der Waals surface area (Å²) in [5.74, 6) is -1.67. The third-order valence-electron chi connectivity index (χ3n) is 17.9. The number of nitrogens with zero attached hydrogens (tertiary/aromatic N) is 3. The molecule has 0 aliphatic carbocycles. The van der Waals surface area contributed by atoms with E-state index in [1.165, 1.54) is 38.7 Å². The molecule has 0 spiro atoms. The Morgan fingerprint density at radius 1 is 0.629 bits per heavy atom. The third-order valence-corrected chi connectivity index (χ3v) is 18.7. The SMILES string of the molecule is CCCCN(CCCC)CCOC(=O)C(C)(CCC(C)(C)C(=O)OCCNC(=O)CCCCC[N+]1=C(C=CC=CC=CC=C2N(CCCCS(=O)(=O)[O-])c3ccc4ccccc4c3C2(C)C)C(C)(C)c2c1ccc1ccccc21)CC(C)(C)C(=O)OCCC. The summed E-state index contributed by atoms with van der Waals surface area (Å²) in [4.78, 5) is 58.6. The van der Waals surface area contributed by atoms with Crippen molar-refractivity contribution in [3.63, 3.8) is 0 Å².